The molecular weight excluding hydrogens is 557 g/mol. The maximum absolute atomic E-state index is 15.3. The molecule has 1 aromatic carbocycles. The third kappa shape index (κ3) is 5.92. The number of hydrogen-bond donors (Lipinski definition) is 2. The SMILES string of the molecule is C=C(NC1C=CCC(C)[C@@H]1C(=O)OC)/C(F)=C\C(F)=C(/N)c1cn(S(=O)(=O)c2ccc(C)cc2)c2ncc(F)cc12. The second-order valence-corrected chi connectivity index (χ2v) is 11.6. The molecule has 3 aromatic rings. The second-order valence-electron chi connectivity index (χ2n) is 9.77. The Labute approximate surface area is 235 Å². The van der Waals surface area contributed by atoms with Crippen molar-refractivity contribution < 1.29 is 31.1 Å². The van der Waals surface area contributed by atoms with Gasteiger partial charge in [0.25, 0.3) is 10.0 Å². The van der Waals surface area contributed by atoms with Crippen LogP contribution in [0.15, 0.2) is 89.8 Å². The Kier molecular flexibility index (Phi) is 8.43. The van der Waals surface area contributed by atoms with Gasteiger partial charge in [0.2, 0.25) is 0 Å². The summed E-state index contributed by atoms with van der Waals surface area (Å²) >= 11 is 0. The van der Waals surface area contributed by atoms with E-state index in [0.29, 0.717) is 12.5 Å². The van der Waals surface area contributed by atoms with Gasteiger partial charge < -0.3 is 15.8 Å². The van der Waals surface area contributed by atoms with Crippen LogP contribution in [0.4, 0.5) is 13.2 Å². The van der Waals surface area contributed by atoms with Crippen molar-refractivity contribution in [1.29, 1.82) is 0 Å². The average molecular weight is 587 g/mol. The Bertz CT molecular complexity index is 1710. The number of carbonyl (C=O) groups is 1. The fraction of sp³-hybridized carbons (Fsp3) is 0.241. The number of nitrogens with zero attached hydrogens (tertiary/aromatic N) is 2. The van der Waals surface area contributed by atoms with E-state index >= 15 is 8.78 Å². The van der Waals surface area contributed by atoms with Crippen molar-refractivity contribution in [3.05, 3.63) is 102 Å². The van der Waals surface area contributed by atoms with Gasteiger partial charge in [0.1, 0.15) is 17.5 Å². The lowest BCUT2D eigenvalue weighted by atomic mass is 9.80. The first-order valence-corrected chi connectivity index (χ1v) is 14.0. The number of fused-ring (bicyclic) bond motifs is 1. The van der Waals surface area contributed by atoms with Crippen LogP contribution in [0, 0.1) is 24.6 Å². The van der Waals surface area contributed by atoms with E-state index in [4.69, 9.17) is 10.5 Å². The van der Waals surface area contributed by atoms with Gasteiger partial charge in [0, 0.05) is 23.2 Å². The number of nitrogens with one attached hydrogen (secondary N) is 1. The van der Waals surface area contributed by atoms with E-state index in [2.05, 4.69) is 16.9 Å². The fourth-order valence-corrected chi connectivity index (χ4v) is 5.99. The molecule has 0 saturated carbocycles. The number of aromatic nitrogens is 2. The zero-order chi connectivity index (χ0) is 30.1. The third-order valence-corrected chi connectivity index (χ3v) is 8.58. The smallest absolute Gasteiger partial charge is 0.311 e. The summed E-state index contributed by atoms with van der Waals surface area (Å²) in [7, 11) is -2.98. The van der Waals surface area contributed by atoms with E-state index in [1.165, 1.54) is 19.2 Å². The number of nitrogens with two attached hydrogens (primary N) is 1. The van der Waals surface area contributed by atoms with Crippen LogP contribution in [-0.4, -0.2) is 36.5 Å². The van der Waals surface area contributed by atoms with E-state index in [1.54, 1.807) is 25.1 Å². The molecule has 1 aliphatic carbocycles. The highest BCUT2D eigenvalue weighted by Crippen LogP contribution is 2.31. The standard InChI is InChI=1S/C29H29F3N4O4S/c1-16-8-10-20(11-9-16)41(38,39)36-15-22(21-12-19(30)14-34-28(21)36)27(33)24(32)13-23(31)18(3)35-25-7-5-6-17(2)26(25)29(37)40-4/h5,7-15,17,25-26,35H,3,6,33H2,1-2,4H3/b23-13+,27-24+/t17?,25?,26-/m0/s1. The normalized spacial score (nSPS) is 20.0. The van der Waals surface area contributed by atoms with Crippen molar-refractivity contribution in [3.63, 3.8) is 0 Å². The summed E-state index contributed by atoms with van der Waals surface area (Å²) < 4.78 is 76.9. The molecule has 0 aliphatic heterocycles. The van der Waals surface area contributed by atoms with Crippen LogP contribution in [0.5, 0.6) is 0 Å². The first kappa shape index (κ1) is 29.7. The lowest BCUT2D eigenvalue weighted by Gasteiger charge is -2.32. The highest BCUT2D eigenvalue weighted by molar-refractivity contribution is 7.90. The molecule has 3 atom stereocenters. The number of aryl methyl sites for hydroxylation is 1. The van der Waals surface area contributed by atoms with Crippen molar-refractivity contribution in [2.24, 2.45) is 17.6 Å². The van der Waals surface area contributed by atoms with Crippen molar-refractivity contribution in [2.75, 3.05) is 7.11 Å². The van der Waals surface area contributed by atoms with E-state index in [0.717, 1.165) is 28.0 Å². The maximum Gasteiger partial charge on any atom is 0.311 e. The highest BCUT2D eigenvalue weighted by atomic mass is 32.2. The summed E-state index contributed by atoms with van der Waals surface area (Å²) in [5.41, 5.74) is 5.47. The number of halogens is 3. The third-order valence-electron chi connectivity index (χ3n) is 6.91. The number of pyridine rings is 1. The predicted molar refractivity (Wildman–Crippen MR) is 149 cm³/mol. The first-order valence-electron chi connectivity index (χ1n) is 12.6. The van der Waals surface area contributed by atoms with Gasteiger partial charge in [-0.2, -0.15) is 0 Å². The number of methoxy groups -OCH3 is 1. The van der Waals surface area contributed by atoms with E-state index in [1.807, 2.05) is 13.0 Å². The van der Waals surface area contributed by atoms with Crippen molar-refractivity contribution in [1.82, 2.24) is 14.3 Å². The minimum absolute atomic E-state index is 0.0784. The molecule has 2 aromatic heterocycles. The van der Waals surface area contributed by atoms with E-state index in [-0.39, 0.29) is 33.1 Å². The van der Waals surface area contributed by atoms with Crippen molar-refractivity contribution in [3.8, 4) is 0 Å². The van der Waals surface area contributed by atoms with Gasteiger partial charge >= 0.3 is 5.97 Å². The van der Waals surface area contributed by atoms with Gasteiger partial charge in [0.05, 0.1) is 41.6 Å². The zero-order valence-electron chi connectivity index (χ0n) is 22.6. The first-order chi connectivity index (χ1) is 19.3. The zero-order valence-corrected chi connectivity index (χ0v) is 23.4. The summed E-state index contributed by atoms with van der Waals surface area (Å²) in [5.74, 6) is -4.40. The summed E-state index contributed by atoms with van der Waals surface area (Å²) in [5, 5.41) is 2.69. The summed E-state index contributed by atoms with van der Waals surface area (Å²) in [6.07, 6.45) is 6.45. The van der Waals surface area contributed by atoms with Gasteiger partial charge in [-0.25, -0.2) is 30.5 Å². The molecule has 216 valence electrons. The number of esters is 1. The molecule has 41 heavy (non-hydrogen) atoms. The Morgan fingerprint density at radius 3 is 2.61 bits per heavy atom. The van der Waals surface area contributed by atoms with Gasteiger partial charge in [-0.05, 0) is 37.5 Å². The second kappa shape index (κ2) is 11.7. The van der Waals surface area contributed by atoms with E-state index < -0.39 is 51.1 Å². The van der Waals surface area contributed by atoms with E-state index in [9.17, 15) is 17.6 Å². The summed E-state index contributed by atoms with van der Waals surface area (Å²) in [4.78, 5) is 16.1. The molecule has 0 saturated heterocycles. The van der Waals surface area contributed by atoms with Gasteiger partial charge in [-0.1, -0.05) is 43.4 Å². The summed E-state index contributed by atoms with van der Waals surface area (Å²) in [6.45, 7) is 7.25. The molecular formula is C29H29F3N4O4S. The van der Waals surface area contributed by atoms with Crippen LogP contribution >= 0.6 is 0 Å². The van der Waals surface area contributed by atoms with Gasteiger partial charge in [0.15, 0.2) is 5.65 Å². The molecule has 0 amide bonds. The number of rotatable bonds is 8. The average Bonchev–Trinajstić information content (AvgIpc) is 3.31. The molecule has 1 aliphatic rings. The molecule has 2 heterocycles. The largest absolute Gasteiger partial charge is 0.469 e. The number of benzene rings is 1. The molecule has 0 bridgehead atoms. The molecule has 0 radical (unpaired) electrons. The number of allylic oxidation sites excluding steroid dienone is 4. The lowest BCUT2D eigenvalue weighted by molar-refractivity contribution is -0.148. The molecule has 8 nitrogen and oxygen atoms in total. The van der Waals surface area contributed by atoms with Crippen molar-refractivity contribution in [2.45, 2.75) is 31.2 Å². The van der Waals surface area contributed by atoms with Crippen LogP contribution < -0.4 is 11.1 Å². The van der Waals surface area contributed by atoms with Gasteiger partial charge in [-0.15, -0.1) is 0 Å². The van der Waals surface area contributed by atoms with Gasteiger partial charge in [-0.3, -0.25) is 4.79 Å². The van der Waals surface area contributed by atoms with Crippen molar-refractivity contribution >= 4 is 32.7 Å². The highest BCUT2D eigenvalue weighted by Gasteiger charge is 2.35. The van der Waals surface area contributed by atoms with Crippen LogP contribution in [0.1, 0.15) is 24.5 Å². The number of ether oxygens (including phenoxy) is 1. The molecule has 12 heteroatoms. The Balaban J connectivity index is 1.71. The minimum atomic E-state index is -4.23. The molecule has 4 rings (SSSR count). The Hall–Kier alpha value is -4.32. The maximum atomic E-state index is 15.3. The molecule has 0 spiro atoms. The molecule has 2 unspecified atom stereocenters. The number of carbonyl (C=O) groups excluding carboxylic acids is 1. The summed E-state index contributed by atoms with van der Waals surface area (Å²) in [6, 6.07) is 6.30. The fourth-order valence-electron chi connectivity index (χ4n) is 4.66. The van der Waals surface area contributed by atoms with Crippen LogP contribution in [-0.2, 0) is 19.6 Å². The quantitative estimate of drug-likeness (QED) is 0.216. The molecule has 0 fully saturated rings. The van der Waals surface area contributed by atoms with Crippen LogP contribution in [0.2, 0.25) is 0 Å². The topological polar surface area (TPSA) is 116 Å². The minimum Gasteiger partial charge on any atom is -0.469 e. The predicted octanol–water partition coefficient (Wildman–Crippen LogP) is 5.03. The Morgan fingerprint density at radius 1 is 1.27 bits per heavy atom. The van der Waals surface area contributed by atoms with Crippen LogP contribution in [0.3, 0.4) is 0 Å². The number of hydrogen-bond acceptors (Lipinski definition) is 7. The monoisotopic (exact) mass is 586 g/mol. The Morgan fingerprint density at radius 2 is 1.95 bits per heavy atom. The molecule has 3 N–H and O–H groups in total. The lowest BCUT2D eigenvalue weighted by Crippen LogP contribution is -2.43. The van der Waals surface area contributed by atoms with Crippen LogP contribution in [0.25, 0.3) is 16.7 Å².